The average Bonchev–Trinajstić information content (AvgIpc) is 2.66. The fraction of sp³-hybridized carbons (Fsp3) is 0.947. The molecule has 8 nitrogen and oxygen atoms in total. The molecule has 0 amide bonds. The Hall–Kier alpha value is -0.900. The Labute approximate surface area is 171 Å². The van der Waals surface area contributed by atoms with Crippen LogP contribution < -0.4 is 5.32 Å². The van der Waals surface area contributed by atoms with Crippen molar-refractivity contribution in [1.29, 1.82) is 0 Å². The van der Waals surface area contributed by atoms with Crippen LogP contribution in [0.15, 0.2) is 4.99 Å². The SMILES string of the molecule is CN=C(NCCC1CCN(C)CC1)N1CCN(S(=O)(=O)CCOC(C)C)CC1. The Kier molecular flexibility index (Phi) is 9.46. The van der Waals surface area contributed by atoms with Crippen molar-refractivity contribution in [3.8, 4) is 0 Å². The lowest BCUT2D eigenvalue weighted by Gasteiger charge is -2.36. The van der Waals surface area contributed by atoms with E-state index in [0.29, 0.717) is 26.2 Å². The van der Waals surface area contributed by atoms with E-state index >= 15 is 0 Å². The molecule has 0 saturated carbocycles. The average molecular weight is 418 g/mol. The van der Waals surface area contributed by atoms with E-state index in [-0.39, 0.29) is 18.5 Å². The van der Waals surface area contributed by atoms with Gasteiger partial charge in [-0.05, 0) is 59.2 Å². The second-order valence-electron chi connectivity index (χ2n) is 8.13. The highest BCUT2D eigenvalue weighted by Crippen LogP contribution is 2.18. The first-order valence-electron chi connectivity index (χ1n) is 10.6. The number of sulfonamides is 1. The molecule has 0 aliphatic carbocycles. The van der Waals surface area contributed by atoms with Crippen molar-refractivity contribution in [2.75, 3.05) is 72.3 Å². The third-order valence-corrected chi connectivity index (χ3v) is 7.44. The third kappa shape index (κ3) is 7.50. The summed E-state index contributed by atoms with van der Waals surface area (Å²) in [6.45, 7) is 9.71. The van der Waals surface area contributed by atoms with Gasteiger partial charge in [-0.3, -0.25) is 4.99 Å². The van der Waals surface area contributed by atoms with Gasteiger partial charge in [0.15, 0.2) is 5.96 Å². The van der Waals surface area contributed by atoms with E-state index in [0.717, 1.165) is 24.8 Å². The van der Waals surface area contributed by atoms with Crippen LogP contribution in [-0.4, -0.2) is 107 Å². The predicted molar refractivity (Wildman–Crippen MR) is 114 cm³/mol. The summed E-state index contributed by atoms with van der Waals surface area (Å²) in [6.07, 6.45) is 3.76. The number of nitrogens with one attached hydrogen (secondary N) is 1. The van der Waals surface area contributed by atoms with Crippen LogP contribution in [-0.2, 0) is 14.8 Å². The zero-order valence-corrected chi connectivity index (χ0v) is 18.9. The second kappa shape index (κ2) is 11.3. The van der Waals surface area contributed by atoms with Crippen LogP contribution in [0.1, 0.15) is 33.1 Å². The standard InChI is InChI=1S/C19H39N5O3S/c1-17(2)27-15-16-28(25,26)24-13-11-23(12-14-24)19(20-3)21-8-5-18-6-9-22(4)10-7-18/h17-18H,5-16H2,1-4H3,(H,20,21). The van der Waals surface area contributed by atoms with E-state index in [9.17, 15) is 8.42 Å². The molecular formula is C19H39N5O3S. The lowest BCUT2D eigenvalue weighted by Crippen LogP contribution is -2.54. The van der Waals surface area contributed by atoms with Crippen molar-refractivity contribution < 1.29 is 13.2 Å². The fourth-order valence-corrected chi connectivity index (χ4v) is 5.05. The first-order chi connectivity index (χ1) is 13.3. The zero-order valence-electron chi connectivity index (χ0n) is 18.1. The molecule has 2 saturated heterocycles. The normalized spacial score (nSPS) is 21.5. The maximum Gasteiger partial charge on any atom is 0.216 e. The molecule has 2 aliphatic heterocycles. The summed E-state index contributed by atoms with van der Waals surface area (Å²) in [5.74, 6) is 1.72. The molecule has 2 heterocycles. The van der Waals surface area contributed by atoms with Crippen LogP contribution in [0.4, 0.5) is 0 Å². The summed E-state index contributed by atoms with van der Waals surface area (Å²) in [5.41, 5.74) is 0. The van der Waals surface area contributed by atoms with E-state index in [1.807, 2.05) is 13.8 Å². The third-order valence-electron chi connectivity index (χ3n) is 5.61. The maximum atomic E-state index is 12.5. The van der Waals surface area contributed by atoms with Crippen LogP contribution in [0.3, 0.4) is 0 Å². The van der Waals surface area contributed by atoms with Gasteiger partial charge in [-0.2, -0.15) is 4.31 Å². The molecule has 9 heteroatoms. The van der Waals surface area contributed by atoms with E-state index in [2.05, 4.69) is 27.2 Å². The van der Waals surface area contributed by atoms with E-state index in [1.165, 1.54) is 25.9 Å². The predicted octanol–water partition coefficient (Wildman–Crippen LogP) is 0.666. The number of nitrogens with zero attached hydrogens (tertiary/aromatic N) is 4. The Morgan fingerprint density at radius 1 is 1.14 bits per heavy atom. The summed E-state index contributed by atoms with van der Waals surface area (Å²) in [6, 6.07) is 0. The lowest BCUT2D eigenvalue weighted by atomic mass is 9.94. The van der Waals surface area contributed by atoms with Crippen molar-refractivity contribution in [2.45, 2.75) is 39.2 Å². The van der Waals surface area contributed by atoms with E-state index < -0.39 is 10.0 Å². The van der Waals surface area contributed by atoms with Gasteiger partial charge in [0.25, 0.3) is 0 Å². The topological polar surface area (TPSA) is 77.5 Å². The molecule has 0 aromatic rings. The lowest BCUT2D eigenvalue weighted by molar-refractivity contribution is 0.0904. The molecule has 0 radical (unpaired) electrons. The second-order valence-corrected chi connectivity index (χ2v) is 10.2. The highest BCUT2D eigenvalue weighted by atomic mass is 32.2. The molecule has 2 aliphatic rings. The Morgan fingerprint density at radius 2 is 1.79 bits per heavy atom. The Bertz CT molecular complexity index is 580. The molecule has 0 spiro atoms. The van der Waals surface area contributed by atoms with E-state index in [1.54, 1.807) is 11.4 Å². The summed E-state index contributed by atoms with van der Waals surface area (Å²) < 4.78 is 31.9. The molecule has 2 fully saturated rings. The fourth-order valence-electron chi connectivity index (χ4n) is 3.77. The number of guanidine groups is 1. The maximum absolute atomic E-state index is 12.5. The minimum Gasteiger partial charge on any atom is -0.378 e. The van der Waals surface area contributed by atoms with Gasteiger partial charge in [-0.25, -0.2) is 8.42 Å². The van der Waals surface area contributed by atoms with Gasteiger partial charge in [0.2, 0.25) is 10.0 Å². The summed E-state index contributed by atoms with van der Waals surface area (Å²) in [7, 11) is 0.730. The van der Waals surface area contributed by atoms with Gasteiger partial charge >= 0.3 is 0 Å². The van der Waals surface area contributed by atoms with Crippen molar-refractivity contribution in [2.24, 2.45) is 10.9 Å². The molecule has 1 N–H and O–H groups in total. The highest BCUT2D eigenvalue weighted by Gasteiger charge is 2.28. The summed E-state index contributed by atoms with van der Waals surface area (Å²) in [4.78, 5) is 8.95. The van der Waals surface area contributed by atoms with Gasteiger partial charge in [-0.15, -0.1) is 0 Å². The van der Waals surface area contributed by atoms with Gasteiger partial charge < -0.3 is 19.9 Å². The van der Waals surface area contributed by atoms with Crippen molar-refractivity contribution in [1.82, 2.24) is 19.4 Å². The minimum atomic E-state index is -3.25. The number of likely N-dealkylation sites (tertiary alicyclic amines) is 1. The monoisotopic (exact) mass is 417 g/mol. The molecular weight excluding hydrogens is 378 g/mol. The number of piperidine rings is 1. The number of piperazine rings is 1. The highest BCUT2D eigenvalue weighted by molar-refractivity contribution is 7.89. The van der Waals surface area contributed by atoms with Crippen molar-refractivity contribution >= 4 is 16.0 Å². The number of hydrogen-bond donors (Lipinski definition) is 1. The quantitative estimate of drug-likeness (QED) is 0.462. The number of hydrogen-bond acceptors (Lipinski definition) is 5. The smallest absolute Gasteiger partial charge is 0.216 e. The molecule has 0 bridgehead atoms. The van der Waals surface area contributed by atoms with E-state index in [4.69, 9.17) is 4.74 Å². The van der Waals surface area contributed by atoms with Gasteiger partial charge in [0.05, 0.1) is 18.5 Å². The van der Waals surface area contributed by atoms with Crippen LogP contribution in [0.2, 0.25) is 0 Å². The van der Waals surface area contributed by atoms with Crippen molar-refractivity contribution in [3.63, 3.8) is 0 Å². The largest absolute Gasteiger partial charge is 0.378 e. The number of rotatable bonds is 8. The van der Waals surface area contributed by atoms with Crippen LogP contribution >= 0.6 is 0 Å². The minimum absolute atomic E-state index is 0.0503. The van der Waals surface area contributed by atoms with Gasteiger partial charge in [-0.1, -0.05) is 0 Å². The number of aliphatic imine (C=N–C) groups is 1. The molecule has 0 unspecified atom stereocenters. The first-order valence-corrected chi connectivity index (χ1v) is 12.2. The van der Waals surface area contributed by atoms with Crippen molar-refractivity contribution in [3.05, 3.63) is 0 Å². The van der Waals surface area contributed by atoms with Crippen LogP contribution in [0, 0.1) is 5.92 Å². The first kappa shape index (κ1) is 23.4. The van der Waals surface area contributed by atoms with Crippen LogP contribution in [0.25, 0.3) is 0 Å². The molecule has 164 valence electrons. The summed E-state index contributed by atoms with van der Waals surface area (Å²) >= 11 is 0. The Morgan fingerprint density at radius 3 is 2.36 bits per heavy atom. The Balaban J connectivity index is 1.71. The number of ether oxygens (including phenoxy) is 1. The van der Waals surface area contributed by atoms with Gasteiger partial charge in [0.1, 0.15) is 0 Å². The summed E-state index contributed by atoms with van der Waals surface area (Å²) in [5, 5.41) is 3.47. The molecule has 0 atom stereocenters. The molecule has 28 heavy (non-hydrogen) atoms. The molecule has 2 rings (SSSR count). The zero-order chi connectivity index (χ0) is 20.6. The molecule has 0 aromatic carbocycles. The molecule has 0 aromatic heterocycles. The van der Waals surface area contributed by atoms with Gasteiger partial charge in [0, 0.05) is 39.8 Å². The van der Waals surface area contributed by atoms with Crippen LogP contribution in [0.5, 0.6) is 0 Å².